The van der Waals surface area contributed by atoms with Crippen molar-refractivity contribution in [1.29, 1.82) is 0 Å². The van der Waals surface area contributed by atoms with Crippen LogP contribution in [0, 0.1) is 6.92 Å². The van der Waals surface area contributed by atoms with Crippen LogP contribution in [-0.2, 0) is 6.54 Å². The lowest BCUT2D eigenvalue weighted by Crippen LogP contribution is -2.27. The second-order valence-corrected chi connectivity index (χ2v) is 5.80. The van der Waals surface area contributed by atoms with Gasteiger partial charge in [0.05, 0.1) is 17.7 Å². The first-order valence-corrected chi connectivity index (χ1v) is 7.85. The molecule has 21 heavy (non-hydrogen) atoms. The Morgan fingerprint density at radius 2 is 2.24 bits per heavy atom. The lowest BCUT2D eigenvalue weighted by atomic mass is 10.3. The Morgan fingerprint density at radius 3 is 2.90 bits per heavy atom. The molecule has 5 nitrogen and oxygen atoms in total. The molecule has 2 aromatic rings. The molecule has 112 valence electrons. The van der Waals surface area contributed by atoms with E-state index in [9.17, 15) is 4.79 Å². The van der Waals surface area contributed by atoms with Crippen LogP contribution in [0.2, 0.25) is 0 Å². The van der Waals surface area contributed by atoms with Crippen LogP contribution in [0.25, 0.3) is 0 Å². The van der Waals surface area contributed by atoms with Gasteiger partial charge in [0.15, 0.2) is 0 Å². The van der Waals surface area contributed by atoms with Crippen LogP contribution in [0.15, 0.2) is 23.7 Å². The molecular weight excluding hydrogens is 284 g/mol. The maximum absolute atomic E-state index is 12.4. The first kappa shape index (κ1) is 15.4. The van der Waals surface area contributed by atoms with Crippen LogP contribution < -0.4 is 5.32 Å². The van der Waals surface area contributed by atoms with Crippen molar-refractivity contribution in [3.05, 3.63) is 40.0 Å². The number of hydrogen-bond donors (Lipinski definition) is 1. The highest BCUT2D eigenvalue weighted by atomic mass is 32.1. The van der Waals surface area contributed by atoms with E-state index in [-0.39, 0.29) is 5.91 Å². The molecule has 0 aliphatic heterocycles. The monoisotopic (exact) mass is 304 g/mol. The number of aromatic nitrogens is 2. The van der Waals surface area contributed by atoms with E-state index < -0.39 is 0 Å². The maximum Gasteiger partial charge on any atom is 0.272 e. The zero-order valence-corrected chi connectivity index (χ0v) is 13.4. The van der Waals surface area contributed by atoms with E-state index in [1.807, 2.05) is 19.1 Å². The topological polar surface area (TPSA) is 58.1 Å². The number of rotatable bonds is 6. The van der Waals surface area contributed by atoms with Crippen LogP contribution in [0.3, 0.4) is 0 Å². The normalized spacial score (nSPS) is 10.4. The minimum atomic E-state index is -0.0806. The molecule has 6 heteroatoms. The molecule has 0 fully saturated rings. The standard InChI is InChI=1S/C15H20N4OS/c1-4-8-16-14-7-5-6-12(18-14)15(20)19(3)9-13-11(2)17-10-21-13/h5-7,10H,4,8-9H2,1-3H3,(H,16,18). The molecule has 0 radical (unpaired) electrons. The highest BCUT2D eigenvalue weighted by Gasteiger charge is 2.15. The number of carbonyl (C=O) groups excluding carboxylic acids is 1. The number of hydrogen-bond acceptors (Lipinski definition) is 5. The second kappa shape index (κ2) is 7.17. The fraction of sp³-hybridized carbons (Fsp3) is 0.400. The predicted molar refractivity (Wildman–Crippen MR) is 85.7 cm³/mol. The van der Waals surface area contributed by atoms with E-state index in [2.05, 4.69) is 22.2 Å². The molecule has 0 saturated carbocycles. The number of anilines is 1. The van der Waals surface area contributed by atoms with Crippen LogP contribution in [0.1, 0.15) is 34.4 Å². The van der Waals surface area contributed by atoms with Crippen LogP contribution >= 0.6 is 11.3 Å². The maximum atomic E-state index is 12.4. The first-order chi connectivity index (χ1) is 10.1. The Morgan fingerprint density at radius 1 is 1.43 bits per heavy atom. The summed E-state index contributed by atoms with van der Waals surface area (Å²) < 4.78 is 0. The van der Waals surface area contributed by atoms with Crippen molar-refractivity contribution < 1.29 is 4.79 Å². The van der Waals surface area contributed by atoms with Crippen LogP contribution in [-0.4, -0.2) is 34.4 Å². The van der Waals surface area contributed by atoms with Gasteiger partial charge >= 0.3 is 0 Å². The summed E-state index contributed by atoms with van der Waals surface area (Å²) in [5.74, 6) is 0.660. The van der Waals surface area contributed by atoms with Crippen molar-refractivity contribution in [3.63, 3.8) is 0 Å². The van der Waals surface area contributed by atoms with Gasteiger partial charge in [-0.25, -0.2) is 9.97 Å². The molecule has 0 saturated heterocycles. The Labute approximate surface area is 129 Å². The summed E-state index contributed by atoms with van der Waals surface area (Å²) in [6.07, 6.45) is 1.02. The highest BCUT2D eigenvalue weighted by molar-refractivity contribution is 7.09. The molecular formula is C15H20N4OS. The van der Waals surface area contributed by atoms with Gasteiger partial charge in [-0.2, -0.15) is 0 Å². The van der Waals surface area contributed by atoms with Crippen LogP contribution in [0.4, 0.5) is 5.82 Å². The number of pyridine rings is 1. The number of nitrogens with one attached hydrogen (secondary N) is 1. The first-order valence-electron chi connectivity index (χ1n) is 6.97. The van der Waals surface area contributed by atoms with E-state index in [4.69, 9.17) is 0 Å². The zero-order chi connectivity index (χ0) is 15.2. The molecule has 0 aliphatic carbocycles. The smallest absolute Gasteiger partial charge is 0.272 e. The lowest BCUT2D eigenvalue weighted by molar-refractivity contribution is 0.0780. The number of aryl methyl sites for hydroxylation is 1. The molecule has 1 N–H and O–H groups in total. The van der Waals surface area contributed by atoms with Gasteiger partial charge in [-0.15, -0.1) is 11.3 Å². The Bertz CT molecular complexity index is 611. The quantitative estimate of drug-likeness (QED) is 0.891. The largest absolute Gasteiger partial charge is 0.370 e. The van der Waals surface area contributed by atoms with Gasteiger partial charge in [-0.3, -0.25) is 4.79 Å². The van der Waals surface area contributed by atoms with Crippen molar-refractivity contribution in [3.8, 4) is 0 Å². The van der Waals surface area contributed by atoms with Gasteiger partial charge in [0.25, 0.3) is 5.91 Å². The third-order valence-electron chi connectivity index (χ3n) is 3.10. The van der Waals surface area contributed by atoms with Gasteiger partial charge in [0, 0.05) is 18.5 Å². The van der Waals surface area contributed by atoms with Gasteiger partial charge in [-0.05, 0) is 25.5 Å². The third kappa shape index (κ3) is 4.01. The van der Waals surface area contributed by atoms with Crippen molar-refractivity contribution in [2.45, 2.75) is 26.8 Å². The third-order valence-corrected chi connectivity index (χ3v) is 4.02. The average Bonchev–Trinajstić information content (AvgIpc) is 2.90. The van der Waals surface area contributed by atoms with E-state index in [0.717, 1.165) is 29.4 Å². The summed E-state index contributed by atoms with van der Waals surface area (Å²) in [5, 5.41) is 3.19. The van der Waals surface area contributed by atoms with Crippen molar-refractivity contribution in [2.24, 2.45) is 0 Å². The highest BCUT2D eigenvalue weighted by Crippen LogP contribution is 2.15. The zero-order valence-electron chi connectivity index (χ0n) is 12.6. The molecule has 0 aromatic carbocycles. The molecule has 2 rings (SSSR count). The summed E-state index contributed by atoms with van der Waals surface area (Å²) in [7, 11) is 1.79. The van der Waals surface area contributed by atoms with Gasteiger partial charge in [0.2, 0.25) is 0 Å². The van der Waals surface area contributed by atoms with Gasteiger partial charge in [-0.1, -0.05) is 13.0 Å². The summed E-state index contributed by atoms with van der Waals surface area (Å²) in [6.45, 7) is 5.45. The molecule has 0 atom stereocenters. The van der Waals surface area contributed by atoms with E-state index in [1.165, 1.54) is 0 Å². The number of nitrogens with zero attached hydrogens (tertiary/aromatic N) is 3. The number of carbonyl (C=O) groups is 1. The summed E-state index contributed by atoms with van der Waals surface area (Å²) in [5.41, 5.74) is 3.24. The van der Waals surface area contributed by atoms with E-state index in [0.29, 0.717) is 12.2 Å². The Hall–Kier alpha value is -1.95. The number of thiazole rings is 1. The summed E-state index contributed by atoms with van der Waals surface area (Å²) >= 11 is 1.57. The summed E-state index contributed by atoms with van der Waals surface area (Å²) in [4.78, 5) is 23.8. The molecule has 2 aromatic heterocycles. The number of amides is 1. The molecule has 0 bridgehead atoms. The molecule has 2 heterocycles. The van der Waals surface area contributed by atoms with Crippen molar-refractivity contribution >= 4 is 23.1 Å². The Balaban J connectivity index is 2.06. The minimum absolute atomic E-state index is 0.0806. The fourth-order valence-corrected chi connectivity index (χ4v) is 2.70. The van der Waals surface area contributed by atoms with Gasteiger partial charge in [0.1, 0.15) is 11.5 Å². The van der Waals surface area contributed by atoms with E-state index in [1.54, 1.807) is 34.9 Å². The fourth-order valence-electron chi connectivity index (χ4n) is 1.87. The van der Waals surface area contributed by atoms with Crippen molar-refractivity contribution in [1.82, 2.24) is 14.9 Å². The molecule has 0 aliphatic rings. The second-order valence-electron chi connectivity index (χ2n) is 4.86. The molecule has 1 amide bonds. The van der Waals surface area contributed by atoms with Gasteiger partial charge < -0.3 is 10.2 Å². The van der Waals surface area contributed by atoms with Crippen LogP contribution in [0.5, 0.6) is 0 Å². The molecule has 0 unspecified atom stereocenters. The Kier molecular flexibility index (Phi) is 5.27. The predicted octanol–water partition coefficient (Wildman–Crippen LogP) is 2.94. The van der Waals surface area contributed by atoms with E-state index >= 15 is 0 Å². The minimum Gasteiger partial charge on any atom is -0.370 e. The lowest BCUT2D eigenvalue weighted by Gasteiger charge is -2.16. The average molecular weight is 304 g/mol. The molecule has 0 spiro atoms. The summed E-state index contributed by atoms with van der Waals surface area (Å²) in [6, 6.07) is 5.47. The van der Waals surface area contributed by atoms with Crippen molar-refractivity contribution in [2.75, 3.05) is 18.9 Å². The SMILES string of the molecule is CCCNc1cccc(C(=O)N(C)Cc2scnc2C)n1.